The summed E-state index contributed by atoms with van der Waals surface area (Å²) < 4.78 is 1.73. The molecule has 1 atom stereocenters. The van der Waals surface area contributed by atoms with Crippen LogP contribution in [-0.2, 0) is 0 Å². The van der Waals surface area contributed by atoms with Gasteiger partial charge in [0.15, 0.2) is 5.65 Å². The summed E-state index contributed by atoms with van der Waals surface area (Å²) in [7, 11) is 0. The second-order valence-corrected chi connectivity index (χ2v) is 4.11. The average Bonchev–Trinajstić information content (AvgIpc) is 2.81. The van der Waals surface area contributed by atoms with Gasteiger partial charge in [-0.1, -0.05) is 13.3 Å². The smallest absolute Gasteiger partial charge is 0.157 e. The van der Waals surface area contributed by atoms with Crippen LogP contribution in [0.15, 0.2) is 24.5 Å². The van der Waals surface area contributed by atoms with Gasteiger partial charge in [-0.05, 0) is 18.4 Å². The Bertz CT molecular complexity index is 468. The fourth-order valence-electron chi connectivity index (χ4n) is 1.79. The number of hydrogen-bond donors (Lipinski definition) is 2. The van der Waals surface area contributed by atoms with Crippen LogP contribution in [0.25, 0.3) is 5.65 Å². The predicted octanol–water partition coefficient (Wildman–Crippen LogP) is 1.55. The SMILES string of the molecule is CCC(CCO)CNc1ccn2nccc2n1. The van der Waals surface area contributed by atoms with Crippen molar-refractivity contribution in [1.29, 1.82) is 0 Å². The van der Waals surface area contributed by atoms with E-state index in [1.165, 1.54) is 0 Å². The number of aliphatic hydroxyl groups excluding tert-OH is 1. The van der Waals surface area contributed by atoms with Crippen molar-refractivity contribution < 1.29 is 5.11 Å². The summed E-state index contributed by atoms with van der Waals surface area (Å²) in [5.41, 5.74) is 0.838. The van der Waals surface area contributed by atoms with Crippen LogP contribution in [0.3, 0.4) is 0 Å². The molecule has 5 heteroatoms. The number of aromatic nitrogens is 3. The Labute approximate surface area is 100 Å². The van der Waals surface area contributed by atoms with Crippen LogP contribution in [0.2, 0.25) is 0 Å². The van der Waals surface area contributed by atoms with Crippen LogP contribution >= 0.6 is 0 Å². The monoisotopic (exact) mass is 234 g/mol. The Balaban J connectivity index is 1.97. The van der Waals surface area contributed by atoms with Crippen molar-refractivity contribution in [2.24, 2.45) is 5.92 Å². The summed E-state index contributed by atoms with van der Waals surface area (Å²) in [5.74, 6) is 1.34. The molecule has 5 nitrogen and oxygen atoms in total. The van der Waals surface area contributed by atoms with Crippen molar-refractivity contribution in [3.8, 4) is 0 Å². The fourth-order valence-corrected chi connectivity index (χ4v) is 1.79. The van der Waals surface area contributed by atoms with Gasteiger partial charge in [-0.15, -0.1) is 0 Å². The zero-order valence-corrected chi connectivity index (χ0v) is 10.0. The maximum atomic E-state index is 8.92. The topological polar surface area (TPSA) is 62.5 Å². The zero-order chi connectivity index (χ0) is 12.1. The summed E-state index contributed by atoms with van der Waals surface area (Å²) in [4.78, 5) is 4.43. The summed E-state index contributed by atoms with van der Waals surface area (Å²) in [6.45, 7) is 3.22. The highest BCUT2D eigenvalue weighted by Gasteiger charge is 2.06. The third-order valence-electron chi connectivity index (χ3n) is 2.94. The molecule has 2 aromatic heterocycles. The Morgan fingerprint density at radius 3 is 3.12 bits per heavy atom. The van der Waals surface area contributed by atoms with E-state index in [0.717, 1.165) is 30.9 Å². The highest BCUT2D eigenvalue weighted by Crippen LogP contribution is 2.10. The van der Waals surface area contributed by atoms with Crippen molar-refractivity contribution >= 4 is 11.5 Å². The second kappa shape index (κ2) is 5.63. The molecule has 0 aromatic carbocycles. The molecule has 0 aliphatic rings. The molecule has 0 saturated heterocycles. The van der Waals surface area contributed by atoms with Gasteiger partial charge < -0.3 is 10.4 Å². The maximum absolute atomic E-state index is 8.92. The van der Waals surface area contributed by atoms with E-state index in [1.807, 2.05) is 18.3 Å². The molecule has 2 rings (SSSR count). The Hall–Kier alpha value is -1.62. The van der Waals surface area contributed by atoms with Gasteiger partial charge in [0.05, 0.1) is 6.20 Å². The van der Waals surface area contributed by atoms with Gasteiger partial charge in [-0.25, -0.2) is 9.50 Å². The Morgan fingerprint density at radius 1 is 1.47 bits per heavy atom. The quantitative estimate of drug-likeness (QED) is 0.796. The third-order valence-corrected chi connectivity index (χ3v) is 2.94. The van der Waals surface area contributed by atoms with Crippen molar-refractivity contribution in [2.75, 3.05) is 18.5 Å². The minimum atomic E-state index is 0.245. The molecule has 0 radical (unpaired) electrons. The number of anilines is 1. The van der Waals surface area contributed by atoms with Crippen LogP contribution in [0.1, 0.15) is 19.8 Å². The van der Waals surface area contributed by atoms with Gasteiger partial charge in [-0.3, -0.25) is 0 Å². The van der Waals surface area contributed by atoms with Crippen molar-refractivity contribution in [3.63, 3.8) is 0 Å². The molecule has 0 aliphatic carbocycles. The van der Waals surface area contributed by atoms with Crippen molar-refractivity contribution in [2.45, 2.75) is 19.8 Å². The lowest BCUT2D eigenvalue weighted by Crippen LogP contribution is -2.15. The molecule has 2 aromatic rings. The Kier molecular flexibility index (Phi) is 3.93. The van der Waals surface area contributed by atoms with Crippen LogP contribution in [0.5, 0.6) is 0 Å². The molecule has 0 aliphatic heterocycles. The maximum Gasteiger partial charge on any atom is 0.157 e. The van der Waals surface area contributed by atoms with E-state index < -0.39 is 0 Å². The lowest BCUT2D eigenvalue weighted by molar-refractivity contribution is 0.258. The molecule has 0 amide bonds. The van der Waals surface area contributed by atoms with Gasteiger partial charge in [0.1, 0.15) is 5.82 Å². The van der Waals surface area contributed by atoms with Gasteiger partial charge in [-0.2, -0.15) is 5.10 Å². The second-order valence-electron chi connectivity index (χ2n) is 4.11. The lowest BCUT2D eigenvalue weighted by Gasteiger charge is -2.14. The number of hydrogen-bond acceptors (Lipinski definition) is 4. The Morgan fingerprint density at radius 2 is 2.35 bits per heavy atom. The number of fused-ring (bicyclic) bond motifs is 1. The van der Waals surface area contributed by atoms with Crippen LogP contribution in [-0.4, -0.2) is 32.9 Å². The van der Waals surface area contributed by atoms with E-state index >= 15 is 0 Å². The van der Waals surface area contributed by atoms with E-state index in [1.54, 1.807) is 10.7 Å². The summed E-state index contributed by atoms with van der Waals surface area (Å²) in [6.07, 6.45) is 5.51. The number of nitrogens with one attached hydrogen (secondary N) is 1. The van der Waals surface area contributed by atoms with Gasteiger partial charge in [0.25, 0.3) is 0 Å². The highest BCUT2D eigenvalue weighted by molar-refractivity contribution is 5.45. The number of nitrogens with zero attached hydrogens (tertiary/aromatic N) is 3. The molecule has 2 N–H and O–H groups in total. The molecule has 0 spiro atoms. The standard InChI is InChI=1S/C12H18N4O/c1-2-10(5-8-17)9-13-11-4-7-16-12(15-11)3-6-14-16/h3-4,6-7,10,17H,2,5,8-9H2,1H3,(H,13,15). The summed E-state index contributed by atoms with van der Waals surface area (Å²) in [6, 6.07) is 3.78. The lowest BCUT2D eigenvalue weighted by atomic mass is 10.0. The van der Waals surface area contributed by atoms with Crippen LogP contribution in [0.4, 0.5) is 5.82 Å². The van der Waals surface area contributed by atoms with Crippen LogP contribution in [0, 0.1) is 5.92 Å². The van der Waals surface area contributed by atoms with Crippen molar-refractivity contribution in [3.05, 3.63) is 24.5 Å². The average molecular weight is 234 g/mol. The largest absolute Gasteiger partial charge is 0.396 e. The molecular formula is C12H18N4O. The van der Waals surface area contributed by atoms with Gasteiger partial charge >= 0.3 is 0 Å². The fraction of sp³-hybridized carbons (Fsp3) is 0.500. The minimum absolute atomic E-state index is 0.245. The summed E-state index contributed by atoms with van der Waals surface area (Å²) in [5, 5.41) is 16.3. The van der Waals surface area contributed by atoms with E-state index in [0.29, 0.717) is 5.92 Å². The number of aliphatic hydroxyl groups is 1. The van der Waals surface area contributed by atoms with Crippen LogP contribution < -0.4 is 5.32 Å². The molecule has 2 heterocycles. The van der Waals surface area contributed by atoms with Gasteiger partial charge in [0, 0.05) is 25.4 Å². The van der Waals surface area contributed by atoms with E-state index in [-0.39, 0.29) is 6.61 Å². The third kappa shape index (κ3) is 2.94. The first-order chi connectivity index (χ1) is 8.33. The molecule has 17 heavy (non-hydrogen) atoms. The van der Waals surface area contributed by atoms with E-state index in [9.17, 15) is 0 Å². The highest BCUT2D eigenvalue weighted by atomic mass is 16.3. The van der Waals surface area contributed by atoms with Crippen molar-refractivity contribution in [1.82, 2.24) is 14.6 Å². The van der Waals surface area contributed by atoms with Gasteiger partial charge in [0.2, 0.25) is 0 Å². The van der Waals surface area contributed by atoms with E-state index in [4.69, 9.17) is 5.11 Å². The molecule has 0 bridgehead atoms. The minimum Gasteiger partial charge on any atom is -0.396 e. The molecule has 92 valence electrons. The molecule has 1 unspecified atom stereocenters. The summed E-state index contributed by atoms with van der Waals surface area (Å²) >= 11 is 0. The first kappa shape index (κ1) is 11.9. The molecule has 0 saturated carbocycles. The zero-order valence-electron chi connectivity index (χ0n) is 10.0. The predicted molar refractivity (Wildman–Crippen MR) is 67.0 cm³/mol. The number of rotatable bonds is 6. The first-order valence-electron chi connectivity index (χ1n) is 5.98. The molecular weight excluding hydrogens is 216 g/mol. The van der Waals surface area contributed by atoms with E-state index in [2.05, 4.69) is 22.3 Å². The molecule has 0 fully saturated rings. The first-order valence-corrected chi connectivity index (χ1v) is 5.98. The normalized spacial score (nSPS) is 12.8.